The first-order valence-corrected chi connectivity index (χ1v) is 20.8. The zero-order valence-corrected chi connectivity index (χ0v) is 32.1. The normalized spacial score (nSPS) is 30.1. The zero-order valence-electron chi connectivity index (χ0n) is 29.4. The Labute approximate surface area is 324 Å². The fraction of sp³-hybridized carbons (Fsp3) is 0.419. The number of halogens is 2. The molecule has 8 rings (SSSR count). The molecule has 7 heterocycles. The van der Waals surface area contributed by atoms with Crippen molar-refractivity contribution in [1.82, 2.24) is 39.0 Å². The molecule has 5 aromatic rings. The summed E-state index contributed by atoms with van der Waals surface area (Å²) in [6.07, 6.45) is -10.1. The number of aromatic nitrogens is 8. The molecule has 4 N–H and O–H groups in total. The SMILES string of the molecule is CC(C)C(=O)Nc1nc2c(ncn2[C@@H]2O[C@@H]3CO[P+](=O)O[C@H]4[C@@H](F)[C@H](n5cnc6c(NC(=O)c7ccccc7)ncnc65)O[C@@H]4COP(O)(=S)O[C@H]3[C@H]2F)c(=O)[nH]1. The second-order valence-corrected chi connectivity index (χ2v) is 16.9. The molecule has 2 unspecified atom stereocenters. The second kappa shape index (κ2) is 15.6. The number of H-pyrrole nitrogens is 1. The standard InChI is InChI=1S/C31H30F2N10O11P2S/c1-13(2)26(44)40-31-39-25-20(28(46)41-31)37-12-43(25)30-18(33)22-15(51-30)8-49-55(47)53-21-16(9-50-56(48,57)54-22)52-29(17(21)32)42-11-36-19-23(34-10-35-24(19)42)38-27(45)14-6-4-3-5-7-14/h3-7,10-13,15-18,21-22,29-30H,8-9H2,1-2H3,(H3-,34,35,38,39,40,41,44,45,46,48,57)/p+1/t15-,16-,17-,18-,21-,22-,29-,30-,56?/m1/s1. The number of nitrogens with one attached hydrogen (secondary N) is 3. The minimum absolute atomic E-state index is 0.0360. The van der Waals surface area contributed by atoms with Gasteiger partial charge in [0.2, 0.25) is 11.9 Å². The van der Waals surface area contributed by atoms with Gasteiger partial charge in [-0.3, -0.25) is 38.3 Å². The predicted octanol–water partition coefficient (Wildman–Crippen LogP) is 2.97. The summed E-state index contributed by atoms with van der Waals surface area (Å²) in [6, 6.07) is 8.34. The van der Waals surface area contributed by atoms with Crippen molar-refractivity contribution in [3.63, 3.8) is 0 Å². The zero-order chi connectivity index (χ0) is 40.2. The van der Waals surface area contributed by atoms with Crippen LogP contribution in [0.4, 0.5) is 20.5 Å². The number of ether oxygens (including phenoxy) is 2. The van der Waals surface area contributed by atoms with Crippen molar-refractivity contribution in [2.75, 3.05) is 23.8 Å². The summed E-state index contributed by atoms with van der Waals surface area (Å²) in [5.41, 5.74) is -0.600. The highest BCUT2D eigenvalue weighted by atomic mass is 32.5. The first kappa shape index (κ1) is 39.2. The highest BCUT2D eigenvalue weighted by Crippen LogP contribution is 2.52. The van der Waals surface area contributed by atoms with E-state index in [2.05, 4.69) is 40.5 Å². The van der Waals surface area contributed by atoms with Gasteiger partial charge in [-0.2, -0.15) is 4.98 Å². The largest absolute Gasteiger partial charge is 0.697 e. The van der Waals surface area contributed by atoms with E-state index in [1.165, 1.54) is 10.9 Å². The molecule has 4 aromatic heterocycles. The van der Waals surface area contributed by atoms with Crippen LogP contribution in [-0.2, 0) is 48.7 Å². The highest BCUT2D eigenvalue weighted by Gasteiger charge is 2.55. The quantitative estimate of drug-likeness (QED) is 0.179. The van der Waals surface area contributed by atoms with E-state index >= 15 is 8.78 Å². The Morgan fingerprint density at radius 1 is 0.965 bits per heavy atom. The Balaban J connectivity index is 1.01. The number of aromatic amines is 1. The third-order valence-electron chi connectivity index (χ3n) is 9.12. The van der Waals surface area contributed by atoms with Crippen LogP contribution in [0.25, 0.3) is 22.3 Å². The van der Waals surface area contributed by atoms with Crippen LogP contribution in [0.15, 0.2) is 54.1 Å². The van der Waals surface area contributed by atoms with Gasteiger partial charge in [0.1, 0.15) is 31.2 Å². The Morgan fingerprint density at radius 2 is 1.63 bits per heavy atom. The summed E-state index contributed by atoms with van der Waals surface area (Å²) in [4.78, 5) is 72.1. The number of carbonyl (C=O) groups excluding carboxylic acids is 2. The Bertz CT molecular complexity index is 2480. The van der Waals surface area contributed by atoms with E-state index in [0.29, 0.717) is 5.56 Å². The monoisotopic (exact) mass is 851 g/mol. The molecular weight excluding hydrogens is 820 g/mol. The number of rotatable bonds is 6. The van der Waals surface area contributed by atoms with E-state index in [1.54, 1.807) is 44.2 Å². The number of nitrogens with zero attached hydrogens (tertiary/aromatic N) is 7. The van der Waals surface area contributed by atoms with Gasteiger partial charge in [0, 0.05) is 16.0 Å². The smallest absolute Gasteiger partial charge is 0.346 e. The summed E-state index contributed by atoms with van der Waals surface area (Å²) in [5, 5.41) is 5.11. The van der Waals surface area contributed by atoms with Crippen LogP contribution in [0.5, 0.6) is 0 Å². The second-order valence-electron chi connectivity index (χ2n) is 13.2. The van der Waals surface area contributed by atoms with E-state index in [-0.39, 0.29) is 34.1 Å². The van der Waals surface area contributed by atoms with Crippen molar-refractivity contribution in [3.8, 4) is 0 Å². The fourth-order valence-corrected chi connectivity index (χ4v) is 8.52. The van der Waals surface area contributed by atoms with E-state index < -0.39 is 101 Å². The lowest BCUT2D eigenvalue weighted by Crippen LogP contribution is -2.36. The number of carbonyl (C=O) groups is 2. The van der Waals surface area contributed by atoms with Gasteiger partial charge in [0.15, 0.2) is 59.0 Å². The molecule has 3 fully saturated rings. The first-order chi connectivity index (χ1) is 27.3. The summed E-state index contributed by atoms with van der Waals surface area (Å²) in [6.45, 7) is -2.49. The van der Waals surface area contributed by atoms with Crippen LogP contribution >= 0.6 is 15.0 Å². The van der Waals surface area contributed by atoms with Crippen molar-refractivity contribution in [2.24, 2.45) is 5.92 Å². The van der Waals surface area contributed by atoms with Gasteiger partial charge < -0.3 is 24.2 Å². The molecule has 1 aromatic carbocycles. The average molecular weight is 852 g/mol. The Morgan fingerprint density at radius 3 is 2.35 bits per heavy atom. The third kappa shape index (κ3) is 7.72. The van der Waals surface area contributed by atoms with Crippen molar-refractivity contribution in [3.05, 3.63) is 65.2 Å². The van der Waals surface area contributed by atoms with Crippen LogP contribution in [0, 0.1) is 5.92 Å². The lowest BCUT2D eigenvalue weighted by Gasteiger charge is -2.25. The third-order valence-corrected chi connectivity index (χ3v) is 11.5. The summed E-state index contributed by atoms with van der Waals surface area (Å²) in [5.74, 6) is -1.58. The molecule has 0 aliphatic carbocycles. The maximum Gasteiger partial charge on any atom is 0.697 e. The molecule has 0 saturated carbocycles. The number of hydrogen-bond donors (Lipinski definition) is 4. The van der Waals surface area contributed by atoms with Gasteiger partial charge in [-0.15, -0.1) is 9.05 Å². The molecule has 10 atom stereocenters. The number of fused-ring (bicyclic) bond motifs is 4. The number of benzene rings is 1. The van der Waals surface area contributed by atoms with E-state index in [1.807, 2.05) is 0 Å². The number of amides is 2. The van der Waals surface area contributed by atoms with Gasteiger partial charge in [-0.1, -0.05) is 32.0 Å². The molecule has 3 saturated heterocycles. The molecule has 300 valence electrons. The van der Waals surface area contributed by atoms with Gasteiger partial charge in [-0.05, 0) is 23.9 Å². The van der Waals surface area contributed by atoms with Gasteiger partial charge in [0.05, 0.1) is 19.3 Å². The fourth-order valence-electron chi connectivity index (χ4n) is 6.30. The van der Waals surface area contributed by atoms with Crippen molar-refractivity contribution in [1.29, 1.82) is 0 Å². The average Bonchev–Trinajstić information content (AvgIpc) is 3.94. The molecule has 3 aliphatic rings. The molecule has 0 radical (unpaired) electrons. The summed E-state index contributed by atoms with van der Waals surface area (Å²) in [7, 11) is -3.14. The van der Waals surface area contributed by atoms with Crippen LogP contribution in [0.2, 0.25) is 0 Å². The number of alkyl halides is 2. The van der Waals surface area contributed by atoms with Crippen molar-refractivity contribution in [2.45, 2.75) is 63.1 Å². The minimum Gasteiger partial charge on any atom is -0.346 e. The van der Waals surface area contributed by atoms with E-state index in [9.17, 15) is 23.8 Å². The molecule has 0 bridgehead atoms. The van der Waals surface area contributed by atoms with E-state index in [0.717, 1.165) is 17.2 Å². The predicted molar refractivity (Wildman–Crippen MR) is 195 cm³/mol. The van der Waals surface area contributed by atoms with Gasteiger partial charge in [0.25, 0.3) is 11.5 Å². The lowest BCUT2D eigenvalue weighted by atomic mass is 10.1. The molecule has 26 heteroatoms. The van der Waals surface area contributed by atoms with Crippen LogP contribution in [-0.4, -0.2) is 106 Å². The van der Waals surface area contributed by atoms with Crippen LogP contribution in [0.3, 0.4) is 0 Å². The van der Waals surface area contributed by atoms with Crippen molar-refractivity contribution >= 4 is 72.7 Å². The number of imidazole rings is 2. The first-order valence-electron chi connectivity index (χ1n) is 17.1. The molecule has 57 heavy (non-hydrogen) atoms. The maximum absolute atomic E-state index is 16.3. The molecular formula is C31H31F2N10O11P2S+. The molecule has 21 nitrogen and oxygen atoms in total. The highest BCUT2D eigenvalue weighted by molar-refractivity contribution is 8.07. The summed E-state index contributed by atoms with van der Waals surface area (Å²) >= 11 is 5.21. The lowest BCUT2D eigenvalue weighted by molar-refractivity contribution is -0.118. The summed E-state index contributed by atoms with van der Waals surface area (Å²) < 4.78 is 81.9. The van der Waals surface area contributed by atoms with Gasteiger partial charge >= 0.3 is 15.0 Å². The molecule has 0 spiro atoms. The maximum atomic E-state index is 16.3. The molecule has 2 amide bonds. The Hall–Kier alpha value is -4.61. The molecule has 3 aliphatic heterocycles. The van der Waals surface area contributed by atoms with Crippen molar-refractivity contribution < 1.29 is 55.4 Å². The van der Waals surface area contributed by atoms with Crippen LogP contribution in [0.1, 0.15) is 36.7 Å². The Kier molecular flexibility index (Phi) is 10.8. The minimum atomic E-state index is -4.38. The van der Waals surface area contributed by atoms with Gasteiger partial charge in [-0.25, -0.2) is 28.7 Å². The number of hydrogen-bond acceptors (Lipinski definition) is 16. The van der Waals surface area contributed by atoms with E-state index in [4.69, 9.17) is 39.4 Å². The number of anilines is 2. The topological polar surface area (TPSA) is 258 Å². The van der Waals surface area contributed by atoms with Crippen LogP contribution < -0.4 is 16.2 Å².